The van der Waals surface area contributed by atoms with E-state index >= 15 is 0 Å². The first kappa shape index (κ1) is 12.5. The monoisotopic (exact) mass is 216 g/mol. The first-order chi connectivity index (χ1) is 6.89. The number of hydrogen-bond acceptors (Lipinski definition) is 4. The molecule has 3 unspecified atom stereocenters. The van der Waals surface area contributed by atoms with Gasteiger partial charge in [-0.25, -0.2) is 0 Å². The topological polar surface area (TPSA) is 55.8 Å². The van der Waals surface area contributed by atoms with Crippen molar-refractivity contribution < 1.29 is 19.4 Å². The largest absolute Gasteiger partial charge is 0.459 e. The van der Waals surface area contributed by atoms with Gasteiger partial charge in [-0.3, -0.25) is 4.79 Å². The van der Waals surface area contributed by atoms with E-state index < -0.39 is 5.41 Å². The van der Waals surface area contributed by atoms with Crippen molar-refractivity contribution in [2.45, 2.75) is 52.4 Å². The number of aliphatic hydroxyl groups excluding tert-OH is 1. The number of rotatable bonds is 2. The predicted octanol–water partition coefficient (Wildman–Crippen LogP) is 1.11. The third kappa shape index (κ3) is 2.69. The van der Waals surface area contributed by atoms with Gasteiger partial charge >= 0.3 is 5.97 Å². The van der Waals surface area contributed by atoms with E-state index in [4.69, 9.17) is 9.47 Å². The second-order valence-corrected chi connectivity index (χ2v) is 4.70. The molecule has 15 heavy (non-hydrogen) atoms. The predicted molar refractivity (Wildman–Crippen MR) is 55.4 cm³/mol. The van der Waals surface area contributed by atoms with Crippen LogP contribution in [0.4, 0.5) is 0 Å². The first-order valence-electron chi connectivity index (χ1n) is 5.32. The maximum atomic E-state index is 11.0. The van der Waals surface area contributed by atoms with E-state index in [0.29, 0.717) is 6.42 Å². The molecule has 0 aromatic heterocycles. The lowest BCUT2D eigenvalue weighted by Gasteiger charge is -2.45. The molecule has 88 valence electrons. The standard InChI is InChI=1S/C11H20O4/c1-7-5-11(4,6-12)10(8(2)14-7)15-9(3)13/h7-8,10,12H,5-6H2,1-4H3/t7?,8-,10?,11?/m1/s1. The Kier molecular flexibility index (Phi) is 3.73. The SMILES string of the molecule is CC(=O)OC1[C@@H](C)OC(C)CC1(C)CO. The number of carbonyl (C=O) groups is 1. The van der Waals surface area contributed by atoms with E-state index in [9.17, 15) is 9.90 Å². The van der Waals surface area contributed by atoms with E-state index in [1.54, 1.807) is 0 Å². The molecule has 0 aromatic carbocycles. The highest BCUT2D eigenvalue weighted by molar-refractivity contribution is 5.66. The van der Waals surface area contributed by atoms with Crippen molar-refractivity contribution in [1.29, 1.82) is 0 Å². The molecule has 1 N–H and O–H groups in total. The van der Waals surface area contributed by atoms with Crippen LogP contribution in [-0.4, -0.2) is 36.0 Å². The van der Waals surface area contributed by atoms with Crippen LogP contribution < -0.4 is 0 Å². The van der Waals surface area contributed by atoms with Crippen molar-refractivity contribution in [3.8, 4) is 0 Å². The molecule has 0 bridgehead atoms. The smallest absolute Gasteiger partial charge is 0.303 e. The third-order valence-corrected chi connectivity index (χ3v) is 2.97. The number of ether oxygens (including phenoxy) is 2. The van der Waals surface area contributed by atoms with Crippen LogP contribution in [0.1, 0.15) is 34.1 Å². The minimum atomic E-state index is -0.400. The van der Waals surface area contributed by atoms with Gasteiger partial charge in [0.25, 0.3) is 0 Å². The third-order valence-electron chi connectivity index (χ3n) is 2.97. The van der Waals surface area contributed by atoms with Crippen molar-refractivity contribution in [3.05, 3.63) is 0 Å². The lowest BCUT2D eigenvalue weighted by atomic mass is 9.76. The highest BCUT2D eigenvalue weighted by Gasteiger charge is 2.45. The van der Waals surface area contributed by atoms with Gasteiger partial charge in [0.05, 0.1) is 18.8 Å². The minimum absolute atomic E-state index is 0.00296. The normalized spacial score (nSPS) is 41.3. The van der Waals surface area contributed by atoms with Crippen LogP contribution in [0.3, 0.4) is 0 Å². The zero-order chi connectivity index (χ0) is 11.6. The number of esters is 1. The summed E-state index contributed by atoms with van der Waals surface area (Å²) >= 11 is 0. The number of aliphatic hydroxyl groups is 1. The molecule has 1 aliphatic rings. The number of carbonyl (C=O) groups excluding carboxylic acids is 1. The molecular weight excluding hydrogens is 196 g/mol. The maximum Gasteiger partial charge on any atom is 0.303 e. The van der Waals surface area contributed by atoms with Crippen LogP contribution >= 0.6 is 0 Å². The summed E-state index contributed by atoms with van der Waals surface area (Å²) in [6, 6.07) is 0. The highest BCUT2D eigenvalue weighted by Crippen LogP contribution is 2.38. The van der Waals surface area contributed by atoms with Crippen molar-refractivity contribution in [3.63, 3.8) is 0 Å². The van der Waals surface area contributed by atoms with E-state index in [2.05, 4.69) is 0 Å². The number of hydrogen-bond donors (Lipinski definition) is 1. The van der Waals surface area contributed by atoms with Gasteiger partial charge in [0, 0.05) is 12.3 Å². The molecule has 0 amide bonds. The van der Waals surface area contributed by atoms with Crippen molar-refractivity contribution in [2.24, 2.45) is 5.41 Å². The maximum absolute atomic E-state index is 11.0. The Morgan fingerprint density at radius 3 is 2.67 bits per heavy atom. The molecule has 4 heteroatoms. The lowest BCUT2D eigenvalue weighted by molar-refractivity contribution is -0.202. The minimum Gasteiger partial charge on any atom is -0.459 e. The Bertz CT molecular complexity index is 241. The van der Waals surface area contributed by atoms with Gasteiger partial charge in [-0.1, -0.05) is 6.92 Å². The molecule has 1 rings (SSSR count). The first-order valence-corrected chi connectivity index (χ1v) is 5.32. The van der Waals surface area contributed by atoms with Gasteiger partial charge in [0.2, 0.25) is 0 Å². The Balaban J connectivity index is 2.82. The molecule has 1 saturated heterocycles. The van der Waals surface area contributed by atoms with E-state index in [1.807, 2.05) is 20.8 Å². The van der Waals surface area contributed by atoms with Crippen molar-refractivity contribution in [2.75, 3.05) is 6.61 Å². The highest BCUT2D eigenvalue weighted by atomic mass is 16.6. The summed E-state index contributed by atoms with van der Waals surface area (Å²) < 4.78 is 10.8. The summed E-state index contributed by atoms with van der Waals surface area (Å²) in [5.41, 5.74) is -0.400. The van der Waals surface area contributed by atoms with Gasteiger partial charge in [-0.2, -0.15) is 0 Å². The van der Waals surface area contributed by atoms with Crippen LogP contribution in [0.25, 0.3) is 0 Å². The molecule has 0 saturated carbocycles. The van der Waals surface area contributed by atoms with Crippen LogP contribution in [0.5, 0.6) is 0 Å². The fourth-order valence-electron chi connectivity index (χ4n) is 2.40. The summed E-state index contributed by atoms with van der Waals surface area (Å²) in [4.78, 5) is 11.0. The van der Waals surface area contributed by atoms with Crippen LogP contribution in [0, 0.1) is 5.41 Å². The van der Waals surface area contributed by atoms with Gasteiger partial charge in [0.1, 0.15) is 6.10 Å². The van der Waals surface area contributed by atoms with Gasteiger partial charge < -0.3 is 14.6 Å². The van der Waals surface area contributed by atoms with Gasteiger partial charge in [-0.05, 0) is 20.3 Å². The second-order valence-electron chi connectivity index (χ2n) is 4.70. The molecule has 0 spiro atoms. The Morgan fingerprint density at radius 2 is 2.20 bits per heavy atom. The summed E-state index contributed by atoms with van der Waals surface area (Å²) in [7, 11) is 0. The zero-order valence-corrected chi connectivity index (χ0v) is 9.82. The average molecular weight is 216 g/mol. The summed E-state index contributed by atoms with van der Waals surface area (Å²) in [6.07, 6.45) is 0.251. The fourth-order valence-corrected chi connectivity index (χ4v) is 2.40. The Labute approximate surface area is 90.6 Å². The molecule has 0 radical (unpaired) electrons. The van der Waals surface area contributed by atoms with Gasteiger partial charge in [-0.15, -0.1) is 0 Å². The molecule has 1 heterocycles. The lowest BCUT2D eigenvalue weighted by Crippen LogP contribution is -2.53. The summed E-state index contributed by atoms with van der Waals surface area (Å²) in [5.74, 6) is -0.329. The van der Waals surface area contributed by atoms with Crippen molar-refractivity contribution in [1.82, 2.24) is 0 Å². The molecule has 1 aliphatic heterocycles. The van der Waals surface area contributed by atoms with E-state index in [0.717, 1.165) is 0 Å². The Morgan fingerprint density at radius 1 is 1.60 bits per heavy atom. The molecular formula is C11H20O4. The molecule has 4 nitrogen and oxygen atoms in total. The zero-order valence-electron chi connectivity index (χ0n) is 9.82. The van der Waals surface area contributed by atoms with Crippen LogP contribution in [-0.2, 0) is 14.3 Å². The van der Waals surface area contributed by atoms with Crippen LogP contribution in [0.15, 0.2) is 0 Å². The average Bonchev–Trinajstić information content (AvgIpc) is 2.11. The molecule has 0 aliphatic carbocycles. The molecule has 1 fully saturated rings. The quantitative estimate of drug-likeness (QED) is 0.703. The second kappa shape index (κ2) is 4.49. The van der Waals surface area contributed by atoms with E-state index in [-0.39, 0.29) is 30.9 Å². The molecule has 0 aromatic rings. The van der Waals surface area contributed by atoms with E-state index in [1.165, 1.54) is 6.92 Å². The van der Waals surface area contributed by atoms with Crippen LogP contribution in [0.2, 0.25) is 0 Å². The Hall–Kier alpha value is -0.610. The molecule has 4 atom stereocenters. The van der Waals surface area contributed by atoms with Gasteiger partial charge in [0.15, 0.2) is 0 Å². The summed E-state index contributed by atoms with van der Waals surface area (Å²) in [5, 5.41) is 9.42. The fraction of sp³-hybridized carbons (Fsp3) is 0.909. The summed E-state index contributed by atoms with van der Waals surface area (Å²) in [6.45, 7) is 7.15. The van der Waals surface area contributed by atoms with Crippen molar-refractivity contribution >= 4 is 5.97 Å².